The van der Waals surface area contributed by atoms with Gasteiger partial charge in [-0.3, -0.25) is 0 Å². The molecule has 4 atom stereocenters. The quantitative estimate of drug-likeness (QED) is 0.771. The molecule has 1 heterocycles. The first-order chi connectivity index (χ1) is 8.08. The molecule has 1 spiro atoms. The lowest BCUT2D eigenvalue weighted by Crippen LogP contribution is -2.39. The van der Waals surface area contributed by atoms with E-state index < -0.39 is 11.9 Å². The van der Waals surface area contributed by atoms with Crippen molar-refractivity contribution in [3.05, 3.63) is 12.7 Å². The fourth-order valence-corrected chi connectivity index (χ4v) is 2.89. The first-order valence-corrected chi connectivity index (χ1v) is 6.74. The molecular formula is C14H24O3. The van der Waals surface area contributed by atoms with Gasteiger partial charge in [0.1, 0.15) is 6.10 Å². The van der Waals surface area contributed by atoms with Crippen molar-refractivity contribution in [2.75, 3.05) is 0 Å². The lowest BCUT2D eigenvalue weighted by Gasteiger charge is -2.32. The highest BCUT2D eigenvalue weighted by Crippen LogP contribution is 2.41. The molecule has 0 amide bonds. The second-order valence-corrected chi connectivity index (χ2v) is 5.46. The highest BCUT2D eigenvalue weighted by Gasteiger charge is 2.49. The van der Waals surface area contributed by atoms with Gasteiger partial charge in [0.05, 0.1) is 12.2 Å². The number of rotatable bonds is 3. The maximum Gasteiger partial charge on any atom is 0.169 e. The van der Waals surface area contributed by atoms with Gasteiger partial charge in [0.2, 0.25) is 0 Å². The van der Waals surface area contributed by atoms with Crippen LogP contribution in [0.4, 0.5) is 0 Å². The third-order valence-electron chi connectivity index (χ3n) is 4.08. The highest BCUT2D eigenvalue weighted by molar-refractivity contribution is 4.94. The highest BCUT2D eigenvalue weighted by atomic mass is 16.8. The maximum atomic E-state index is 10.2. The summed E-state index contributed by atoms with van der Waals surface area (Å²) >= 11 is 0. The molecule has 1 aliphatic heterocycles. The standard InChI is InChI=1S/C14H24O3/c1-4-10(2)12(15)13-11(3)16-14(17-13)8-6-5-7-9-14/h4,10-13,15H,1,5-9H2,2-3H3/t10-,11+,12+,13-/m0/s1. The van der Waals surface area contributed by atoms with Gasteiger partial charge >= 0.3 is 0 Å². The molecule has 3 nitrogen and oxygen atoms in total. The van der Waals surface area contributed by atoms with E-state index in [2.05, 4.69) is 6.58 Å². The molecule has 0 radical (unpaired) electrons. The van der Waals surface area contributed by atoms with Crippen LogP contribution in [-0.4, -0.2) is 29.2 Å². The third kappa shape index (κ3) is 2.56. The molecule has 17 heavy (non-hydrogen) atoms. The molecule has 0 aromatic heterocycles. The second-order valence-electron chi connectivity index (χ2n) is 5.46. The molecule has 3 heteroatoms. The average molecular weight is 240 g/mol. The fraction of sp³-hybridized carbons (Fsp3) is 0.857. The summed E-state index contributed by atoms with van der Waals surface area (Å²) in [5.74, 6) is -0.380. The Bertz CT molecular complexity index is 271. The van der Waals surface area contributed by atoms with Gasteiger partial charge in [-0.25, -0.2) is 0 Å². The first-order valence-electron chi connectivity index (χ1n) is 6.74. The summed E-state index contributed by atoms with van der Waals surface area (Å²) in [6, 6.07) is 0. The predicted octanol–water partition coefficient (Wildman–Crippen LogP) is 2.63. The Balaban J connectivity index is 2.03. The van der Waals surface area contributed by atoms with E-state index in [1.807, 2.05) is 13.8 Å². The largest absolute Gasteiger partial charge is 0.390 e. The Kier molecular flexibility index (Phi) is 3.91. The van der Waals surface area contributed by atoms with Crippen LogP contribution in [0.25, 0.3) is 0 Å². The normalized spacial score (nSPS) is 35.7. The van der Waals surface area contributed by atoms with E-state index in [-0.39, 0.29) is 18.1 Å². The van der Waals surface area contributed by atoms with Crippen LogP contribution in [0.5, 0.6) is 0 Å². The van der Waals surface area contributed by atoms with Gasteiger partial charge in [-0.1, -0.05) is 19.4 Å². The lowest BCUT2D eigenvalue weighted by molar-refractivity contribution is -0.200. The summed E-state index contributed by atoms with van der Waals surface area (Å²) in [7, 11) is 0. The Morgan fingerprint density at radius 2 is 1.94 bits per heavy atom. The second kappa shape index (κ2) is 5.09. The molecule has 1 saturated heterocycles. The number of ether oxygens (including phenoxy) is 2. The summed E-state index contributed by atoms with van der Waals surface area (Å²) in [6.45, 7) is 7.68. The summed E-state index contributed by atoms with van der Waals surface area (Å²) < 4.78 is 12.1. The fourth-order valence-electron chi connectivity index (χ4n) is 2.89. The van der Waals surface area contributed by atoms with Crippen molar-refractivity contribution in [3.63, 3.8) is 0 Å². The van der Waals surface area contributed by atoms with Crippen molar-refractivity contribution in [2.24, 2.45) is 5.92 Å². The van der Waals surface area contributed by atoms with Crippen LogP contribution in [0.2, 0.25) is 0 Å². The number of aliphatic hydroxyl groups excluding tert-OH is 1. The molecule has 1 N–H and O–H groups in total. The van der Waals surface area contributed by atoms with Crippen LogP contribution in [0, 0.1) is 5.92 Å². The summed E-state index contributed by atoms with van der Waals surface area (Å²) in [6.07, 6.45) is 6.49. The van der Waals surface area contributed by atoms with Crippen molar-refractivity contribution in [1.29, 1.82) is 0 Å². The lowest BCUT2D eigenvalue weighted by atomic mass is 9.94. The van der Waals surface area contributed by atoms with Gasteiger partial charge in [-0.2, -0.15) is 0 Å². The molecule has 1 saturated carbocycles. The zero-order valence-corrected chi connectivity index (χ0v) is 10.9. The van der Waals surface area contributed by atoms with Crippen molar-refractivity contribution in [1.82, 2.24) is 0 Å². The predicted molar refractivity (Wildman–Crippen MR) is 66.6 cm³/mol. The molecular weight excluding hydrogens is 216 g/mol. The van der Waals surface area contributed by atoms with Gasteiger partial charge in [0.25, 0.3) is 0 Å². The van der Waals surface area contributed by atoms with Crippen LogP contribution >= 0.6 is 0 Å². The molecule has 0 aromatic rings. The minimum Gasteiger partial charge on any atom is -0.390 e. The Morgan fingerprint density at radius 1 is 1.29 bits per heavy atom. The van der Waals surface area contributed by atoms with E-state index in [4.69, 9.17) is 9.47 Å². The molecule has 0 aromatic carbocycles. The van der Waals surface area contributed by atoms with E-state index >= 15 is 0 Å². The first kappa shape index (κ1) is 13.1. The maximum absolute atomic E-state index is 10.2. The SMILES string of the molecule is C=C[C@H](C)[C@@H](O)[C@H]1OC2(CCCCC2)O[C@@H]1C. The molecule has 0 bridgehead atoms. The molecule has 2 aliphatic rings. The van der Waals surface area contributed by atoms with Gasteiger partial charge in [0, 0.05) is 18.8 Å². The van der Waals surface area contributed by atoms with E-state index in [1.54, 1.807) is 6.08 Å². The van der Waals surface area contributed by atoms with Gasteiger partial charge in [-0.05, 0) is 19.8 Å². The van der Waals surface area contributed by atoms with E-state index in [9.17, 15) is 5.11 Å². The minimum absolute atomic E-state index is 0.0322. The van der Waals surface area contributed by atoms with Crippen LogP contribution in [0.1, 0.15) is 46.0 Å². The van der Waals surface area contributed by atoms with Gasteiger partial charge in [0.15, 0.2) is 5.79 Å². The van der Waals surface area contributed by atoms with Crippen molar-refractivity contribution < 1.29 is 14.6 Å². The minimum atomic E-state index is -0.524. The van der Waals surface area contributed by atoms with Crippen LogP contribution < -0.4 is 0 Å². The summed E-state index contributed by atoms with van der Waals surface area (Å²) in [5.41, 5.74) is 0. The van der Waals surface area contributed by atoms with E-state index in [0.29, 0.717) is 0 Å². The van der Waals surface area contributed by atoms with Crippen molar-refractivity contribution in [3.8, 4) is 0 Å². The van der Waals surface area contributed by atoms with E-state index in [0.717, 1.165) is 25.7 Å². The topological polar surface area (TPSA) is 38.7 Å². The van der Waals surface area contributed by atoms with Crippen LogP contribution in [0.15, 0.2) is 12.7 Å². The molecule has 2 rings (SSSR count). The zero-order chi connectivity index (χ0) is 12.5. The summed E-state index contributed by atoms with van der Waals surface area (Å²) in [5, 5.41) is 10.2. The third-order valence-corrected chi connectivity index (χ3v) is 4.08. The molecule has 1 aliphatic carbocycles. The smallest absolute Gasteiger partial charge is 0.169 e. The Morgan fingerprint density at radius 3 is 2.53 bits per heavy atom. The Hall–Kier alpha value is -0.380. The average Bonchev–Trinajstić information content (AvgIpc) is 2.65. The zero-order valence-electron chi connectivity index (χ0n) is 10.9. The number of hydrogen-bond acceptors (Lipinski definition) is 3. The number of aliphatic hydroxyl groups is 1. The molecule has 2 fully saturated rings. The van der Waals surface area contributed by atoms with Crippen LogP contribution in [-0.2, 0) is 9.47 Å². The van der Waals surface area contributed by atoms with Crippen molar-refractivity contribution in [2.45, 2.75) is 70.1 Å². The van der Waals surface area contributed by atoms with Crippen LogP contribution in [0.3, 0.4) is 0 Å². The monoisotopic (exact) mass is 240 g/mol. The van der Waals surface area contributed by atoms with Gasteiger partial charge < -0.3 is 14.6 Å². The van der Waals surface area contributed by atoms with Crippen molar-refractivity contribution >= 4 is 0 Å². The van der Waals surface area contributed by atoms with Gasteiger partial charge in [-0.15, -0.1) is 6.58 Å². The van der Waals surface area contributed by atoms with E-state index in [1.165, 1.54) is 6.42 Å². The molecule has 0 unspecified atom stereocenters. The number of hydrogen-bond donors (Lipinski definition) is 1. The molecule has 98 valence electrons. The Labute approximate surface area is 104 Å². The summed E-state index contributed by atoms with van der Waals surface area (Å²) in [4.78, 5) is 0.